The van der Waals surface area contributed by atoms with E-state index in [-0.39, 0.29) is 18.4 Å². The quantitative estimate of drug-likeness (QED) is 0.877. The Labute approximate surface area is 124 Å². The molecule has 0 aliphatic heterocycles. The highest BCUT2D eigenvalue weighted by Crippen LogP contribution is 2.26. The molecule has 1 aromatic carbocycles. The topological polar surface area (TPSA) is 72.9 Å². The van der Waals surface area contributed by atoms with Gasteiger partial charge in [0.25, 0.3) is 0 Å². The van der Waals surface area contributed by atoms with Crippen molar-refractivity contribution < 1.29 is 9.18 Å². The monoisotopic (exact) mass is 340 g/mol. The van der Waals surface area contributed by atoms with Gasteiger partial charge in [-0.05, 0) is 24.6 Å². The standard InChI is InChI=1S/C13H14BrFN4O/c1-8(11-3-2-9(15)4-12(11)14)18-10-5-17-19(6-10)7-13(16)20/h2-6,8,18H,7H2,1H3,(H2,16,20). The Balaban J connectivity index is 2.09. The molecule has 0 fully saturated rings. The van der Waals surface area contributed by atoms with Crippen molar-refractivity contribution in [1.29, 1.82) is 0 Å². The second kappa shape index (κ2) is 6.04. The Morgan fingerprint density at radius 1 is 1.60 bits per heavy atom. The first kappa shape index (κ1) is 14.5. The molecule has 0 radical (unpaired) electrons. The minimum absolute atomic E-state index is 0.0380. The molecule has 2 aromatic rings. The molecule has 0 saturated heterocycles. The van der Waals surface area contributed by atoms with Gasteiger partial charge in [0.15, 0.2) is 0 Å². The first-order valence-corrected chi connectivity index (χ1v) is 6.77. The number of hydrogen-bond donors (Lipinski definition) is 2. The molecular formula is C13H14BrFN4O. The van der Waals surface area contributed by atoms with E-state index in [1.165, 1.54) is 16.8 Å². The first-order valence-electron chi connectivity index (χ1n) is 5.98. The van der Waals surface area contributed by atoms with Crippen LogP contribution in [0.5, 0.6) is 0 Å². The highest BCUT2D eigenvalue weighted by atomic mass is 79.9. The van der Waals surface area contributed by atoms with Crippen LogP contribution >= 0.6 is 15.9 Å². The number of rotatable bonds is 5. The van der Waals surface area contributed by atoms with Crippen LogP contribution in [0.25, 0.3) is 0 Å². The van der Waals surface area contributed by atoms with Gasteiger partial charge < -0.3 is 11.1 Å². The van der Waals surface area contributed by atoms with E-state index in [1.807, 2.05) is 6.92 Å². The van der Waals surface area contributed by atoms with Crippen LogP contribution in [0.4, 0.5) is 10.1 Å². The maximum atomic E-state index is 13.1. The molecule has 0 bridgehead atoms. The Morgan fingerprint density at radius 3 is 3.00 bits per heavy atom. The minimum atomic E-state index is -0.450. The lowest BCUT2D eigenvalue weighted by molar-refractivity contribution is -0.118. The van der Waals surface area contributed by atoms with E-state index in [4.69, 9.17) is 5.73 Å². The molecule has 1 atom stereocenters. The predicted molar refractivity (Wildman–Crippen MR) is 77.6 cm³/mol. The van der Waals surface area contributed by atoms with Crippen molar-refractivity contribution in [3.05, 3.63) is 46.4 Å². The summed E-state index contributed by atoms with van der Waals surface area (Å²) in [6.07, 6.45) is 3.30. The number of anilines is 1. The van der Waals surface area contributed by atoms with E-state index in [2.05, 4.69) is 26.3 Å². The van der Waals surface area contributed by atoms with Gasteiger partial charge in [0.2, 0.25) is 5.91 Å². The molecule has 0 aliphatic rings. The third-order valence-corrected chi connectivity index (χ3v) is 3.45. The Kier molecular flexibility index (Phi) is 4.39. The zero-order chi connectivity index (χ0) is 14.7. The molecule has 5 nitrogen and oxygen atoms in total. The molecule has 7 heteroatoms. The highest BCUT2D eigenvalue weighted by molar-refractivity contribution is 9.10. The molecule has 3 N–H and O–H groups in total. The molecule has 1 unspecified atom stereocenters. The summed E-state index contributed by atoms with van der Waals surface area (Å²) < 4.78 is 15.2. The maximum absolute atomic E-state index is 13.1. The lowest BCUT2D eigenvalue weighted by Gasteiger charge is -2.15. The van der Waals surface area contributed by atoms with Gasteiger partial charge >= 0.3 is 0 Å². The number of halogens is 2. The number of aromatic nitrogens is 2. The summed E-state index contributed by atoms with van der Waals surface area (Å²) in [5, 5.41) is 7.25. The second-order valence-corrected chi connectivity index (χ2v) is 5.28. The number of hydrogen-bond acceptors (Lipinski definition) is 3. The average molecular weight is 341 g/mol. The number of benzene rings is 1. The Morgan fingerprint density at radius 2 is 2.35 bits per heavy atom. The Hall–Kier alpha value is -1.89. The number of primary amides is 1. The van der Waals surface area contributed by atoms with Crippen molar-refractivity contribution in [3.8, 4) is 0 Å². The predicted octanol–water partition coefficient (Wildman–Crippen LogP) is 2.44. The first-order chi connectivity index (χ1) is 9.45. The third kappa shape index (κ3) is 3.57. The average Bonchev–Trinajstić information content (AvgIpc) is 2.75. The van der Waals surface area contributed by atoms with Gasteiger partial charge in [0.05, 0.1) is 11.9 Å². The van der Waals surface area contributed by atoms with Crippen LogP contribution in [0, 0.1) is 5.82 Å². The van der Waals surface area contributed by atoms with Crippen LogP contribution in [0.15, 0.2) is 35.1 Å². The number of nitrogens with one attached hydrogen (secondary N) is 1. The van der Waals surface area contributed by atoms with Crippen molar-refractivity contribution >= 4 is 27.5 Å². The molecule has 0 saturated carbocycles. The summed E-state index contributed by atoms with van der Waals surface area (Å²) in [7, 11) is 0. The third-order valence-electron chi connectivity index (χ3n) is 2.76. The van der Waals surface area contributed by atoms with Gasteiger partial charge in [0, 0.05) is 16.7 Å². The molecule has 106 valence electrons. The molecule has 1 heterocycles. The fourth-order valence-corrected chi connectivity index (χ4v) is 2.56. The van der Waals surface area contributed by atoms with Gasteiger partial charge in [-0.1, -0.05) is 22.0 Å². The van der Waals surface area contributed by atoms with Crippen LogP contribution in [-0.2, 0) is 11.3 Å². The normalized spacial score (nSPS) is 12.2. The van der Waals surface area contributed by atoms with E-state index >= 15 is 0 Å². The van der Waals surface area contributed by atoms with Gasteiger partial charge in [0.1, 0.15) is 12.4 Å². The van der Waals surface area contributed by atoms with E-state index in [0.717, 1.165) is 11.3 Å². The highest BCUT2D eigenvalue weighted by Gasteiger charge is 2.11. The summed E-state index contributed by atoms with van der Waals surface area (Å²) in [6.45, 7) is 1.99. The molecule has 1 aromatic heterocycles. The minimum Gasteiger partial charge on any atom is -0.376 e. The van der Waals surface area contributed by atoms with Crippen molar-refractivity contribution in [2.75, 3.05) is 5.32 Å². The van der Waals surface area contributed by atoms with Crippen molar-refractivity contribution in [2.24, 2.45) is 5.73 Å². The number of carbonyl (C=O) groups is 1. The molecule has 0 aliphatic carbocycles. The zero-order valence-electron chi connectivity index (χ0n) is 10.8. The summed E-state index contributed by atoms with van der Waals surface area (Å²) >= 11 is 3.34. The van der Waals surface area contributed by atoms with E-state index in [1.54, 1.807) is 18.5 Å². The summed E-state index contributed by atoms with van der Waals surface area (Å²) in [5.74, 6) is -0.740. The van der Waals surface area contributed by atoms with Crippen LogP contribution < -0.4 is 11.1 Å². The van der Waals surface area contributed by atoms with Gasteiger partial charge in [-0.3, -0.25) is 9.48 Å². The molecule has 2 rings (SSSR count). The van der Waals surface area contributed by atoms with Crippen LogP contribution in [0.2, 0.25) is 0 Å². The molecular weight excluding hydrogens is 327 g/mol. The maximum Gasteiger partial charge on any atom is 0.239 e. The molecule has 0 spiro atoms. The second-order valence-electron chi connectivity index (χ2n) is 4.42. The van der Waals surface area contributed by atoms with Crippen LogP contribution in [0.3, 0.4) is 0 Å². The van der Waals surface area contributed by atoms with E-state index in [0.29, 0.717) is 4.47 Å². The number of carbonyl (C=O) groups excluding carboxylic acids is 1. The lowest BCUT2D eigenvalue weighted by Crippen LogP contribution is -2.18. The van der Waals surface area contributed by atoms with Crippen LogP contribution in [0.1, 0.15) is 18.5 Å². The zero-order valence-corrected chi connectivity index (χ0v) is 12.4. The molecule has 20 heavy (non-hydrogen) atoms. The SMILES string of the molecule is CC(Nc1cnn(CC(N)=O)c1)c1ccc(F)cc1Br. The fourth-order valence-electron chi connectivity index (χ4n) is 1.86. The smallest absolute Gasteiger partial charge is 0.239 e. The number of nitrogens with two attached hydrogens (primary N) is 1. The number of amides is 1. The number of nitrogens with zero attached hydrogens (tertiary/aromatic N) is 2. The van der Waals surface area contributed by atoms with Gasteiger partial charge in [-0.25, -0.2) is 4.39 Å². The van der Waals surface area contributed by atoms with Gasteiger partial charge in [-0.15, -0.1) is 0 Å². The summed E-state index contributed by atoms with van der Waals surface area (Å²) in [6, 6.07) is 4.50. The molecule has 1 amide bonds. The fraction of sp³-hybridized carbons (Fsp3) is 0.231. The van der Waals surface area contributed by atoms with Crippen LogP contribution in [-0.4, -0.2) is 15.7 Å². The largest absolute Gasteiger partial charge is 0.376 e. The van der Waals surface area contributed by atoms with Crippen molar-refractivity contribution in [2.45, 2.75) is 19.5 Å². The van der Waals surface area contributed by atoms with E-state index < -0.39 is 5.91 Å². The van der Waals surface area contributed by atoms with Crippen molar-refractivity contribution in [1.82, 2.24) is 9.78 Å². The summed E-state index contributed by atoms with van der Waals surface area (Å²) in [5.41, 5.74) is 6.78. The van der Waals surface area contributed by atoms with Gasteiger partial charge in [-0.2, -0.15) is 5.10 Å². The van der Waals surface area contributed by atoms with E-state index in [9.17, 15) is 9.18 Å². The summed E-state index contributed by atoms with van der Waals surface area (Å²) in [4.78, 5) is 10.8. The lowest BCUT2D eigenvalue weighted by atomic mass is 10.1. The Bertz CT molecular complexity index is 629. The van der Waals surface area contributed by atoms with Crippen molar-refractivity contribution in [3.63, 3.8) is 0 Å².